The number of piperidine rings is 1. The summed E-state index contributed by atoms with van der Waals surface area (Å²) in [5.74, 6) is 0.671. The lowest BCUT2D eigenvalue weighted by Crippen LogP contribution is -2.39. The van der Waals surface area contributed by atoms with Gasteiger partial charge in [0.15, 0.2) is 0 Å². The van der Waals surface area contributed by atoms with E-state index in [1.807, 2.05) is 65.6 Å². The molecule has 6 rings (SSSR count). The summed E-state index contributed by atoms with van der Waals surface area (Å²) < 4.78 is 18.4. The van der Waals surface area contributed by atoms with Crippen LogP contribution in [0.2, 0.25) is 10.0 Å². The monoisotopic (exact) mass is 689 g/mol. The molecule has 2 heterocycles. The molecule has 4 aromatic carbocycles. The first-order valence-electron chi connectivity index (χ1n) is 15.8. The molecule has 2 atom stereocenters. The van der Waals surface area contributed by atoms with E-state index in [2.05, 4.69) is 17.0 Å². The Morgan fingerprint density at radius 3 is 2.49 bits per heavy atom. The number of carbonyl (C=O) groups excluding carboxylic acids is 1. The summed E-state index contributed by atoms with van der Waals surface area (Å²) in [5.41, 5.74) is 3.09. The fraction of sp³-hybridized carbons (Fsp3) is 0.368. The third-order valence-corrected chi connectivity index (χ3v) is 11.1. The van der Waals surface area contributed by atoms with Crippen molar-refractivity contribution < 1.29 is 13.7 Å². The Morgan fingerprint density at radius 2 is 1.74 bits per heavy atom. The SMILES string of the molecule is C.CS(=O)c1ccccc1C1CCN(CC[C@H](CN2CCCOc3c(C#N)cc4ccccc4c3C2=O)c2ccc(Cl)c(Cl)c2)CC1. The molecule has 0 radical (unpaired) electrons. The first kappa shape index (κ1) is 34.9. The number of nitrogens with zero attached hydrogens (tertiary/aromatic N) is 3. The van der Waals surface area contributed by atoms with E-state index in [1.165, 1.54) is 5.56 Å². The molecule has 0 aliphatic carbocycles. The van der Waals surface area contributed by atoms with E-state index < -0.39 is 10.8 Å². The number of benzene rings is 4. The molecule has 47 heavy (non-hydrogen) atoms. The lowest BCUT2D eigenvalue weighted by atomic mass is 9.88. The van der Waals surface area contributed by atoms with Gasteiger partial charge >= 0.3 is 0 Å². The van der Waals surface area contributed by atoms with Gasteiger partial charge in [-0.2, -0.15) is 5.26 Å². The van der Waals surface area contributed by atoms with Crippen LogP contribution in [0, 0.1) is 11.3 Å². The predicted octanol–water partition coefficient (Wildman–Crippen LogP) is 8.67. The van der Waals surface area contributed by atoms with Gasteiger partial charge in [0.05, 0.1) is 38.6 Å². The second kappa shape index (κ2) is 15.7. The van der Waals surface area contributed by atoms with E-state index >= 15 is 0 Å². The van der Waals surface area contributed by atoms with E-state index in [9.17, 15) is 14.3 Å². The Labute approximate surface area is 290 Å². The van der Waals surface area contributed by atoms with Gasteiger partial charge in [-0.15, -0.1) is 0 Å². The lowest BCUT2D eigenvalue weighted by molar-refractivity contribution is 0.0711. The summed E-state index contributed by atoms with van der Waals surface area (Å²) in [5, 5.41) is 12.6. The molecule has 0 spiro atoms. The van der Waals surface area contributed by atoms with Crippen molar-refractivity contribution in [2.24, 2.45) is 0 Å². The highest BCUT2D eigenvalue weighted by molar-refractivity contribution is 7.84. The predicted molar refractivity (Wildman–Crippen MR) is 192 cm³/mol. The highest BCUT2D eigenvalue weighted by atomic mass is 35.5. The number of amides is 1. The quantitative estimate of drug-likeness (QED) is 0.185. The van der Waals surface area contributed by atoms with E-state index in [4.69, 9.17) is 27.9 Å². The van der Waals surface area contributed by atoms with Crippen LogP contribution in [0.3, 0.4) is 0 Å². The number of rotatable bonds is 8. The van der Waals surface area contributed by atoms with Gasteiger partial charge in [-0.05, 0) is 97.4 Å². The van der Waals surface area contributed by atoms with E-state index in [-0.39, 0.29) is 19.3 Å². The molecular formula is C38H41Cl2N3O3S. The molecular weight excluding hydrogens is 649 g/mol. The average molecular weight is 691 g/mol. The second-order valence-electron chi connectivity index (χ2n) is 12.2. The molecule has 0 bridgehead atoms. The van der Waals surface area contributed by atoms with E-state index in [1.54, 1.807) is 12.3 Å². The Hall–Kier alpha value is -3.41. The summed E-state index contributed by atoms with van der Waals surface area (Å²) in [6.07, 6.45) is 5.28. The Kier molecular flexibility index (Phi) is 11.6. The first-order chi connectivity index (χ1) is 22.3. The number of hydrogen-bond donors (Lipinski definition) is 0. The van der Waals surface area contributed by atoms with Gasteiger partial charge in [0.25, 0.3) is 5.91 Å². The molecule has 4 aromatic rings. The normalized spacial score (nSPS) is 17.1. The van der Waals surface area contributed by atoms with Crippen LogP contribution >= 0.6 is 23.2 Å². The minimum absolute atomic E-state index is 0. The maximum atomic E-state index is 14.4. The third kappa shape index (κ3) is 7.68. The van der Waals surface area contributed by atoms with Crippen LogP contribution < -0.4 is 4.74 Å². The molecule has 0 saturated carbocycles. The van der Waals surface area contributed by atoms with Gasteiger partial charge < -0.3 is 14.5 Å². The number of hydrogen-bond acceptors (Lipinski definition) is 5. The van der Waals surface area contributed by atoms with Gasteiger partial charge in [0, 0.05) is 30.2 Å². The largest absolute Gasteiger partial charge is 0.491 e. The summed E-state index contributed by atoms with van der Waals surface area (Å²) in [4.78, 5) is 19.7. The second-order valence-corrected chi connectivity index (χ2v) is 14.3. The fourth-order valence-corrected chi connectivity index (χ4v) is 8.06. The van der Waals surface area contributed by atoms with Crippen molar-refractivity contribution in [3.63, 3.8) is 0 Å². The topological polar surface area (TPSA) is 73.6 Å². The summed E-state index contributed by atoms with van der Waals surface area (Å²) in [7, 11) is -1.01. The van der Waals surface area contributed by atoms with Crippen molar-refractivity contribution in [1.29, 1.82) is 5.26 Å². The summed E-state index contributed by atoms with van der Waals surface area (Å²) in [6.45, 7) is 4.27. The lowest BCUT2D eigenvalue weighted by Gasteiger charge is -2.35. The fourth-order valence-electron chi connectivity index (χ4n) is 6.92. The smallest absolute Gasteiger partial charge is 0.258 e. The molecule has 1 unspecified atom stereocenters. The highest BCUT2D eigenvalue weighted by Gasteiger charge is 2.30. The summed E-state index contributed by atoms with van der Waals surface area (Å²) >= 11 is 12.8. The molecule has 6 nitrogen and oxygen atoms in total. The molecule has 9 heteroatoms. The molecule has 0 aromatic heterocycles. The molecule has 1 amide bonds. The minimum atomic E-state index is -1.01. The van der Waals surface area contributed by atoms with Crippen molar-refractivity contribution >= 4 is 50.7 Å². The highest BCUT2D eigenvalue weighted by Crippen LogP contribution is 2.37. The zero-order valence-electron chi connectivity index (χ0n) is 25.9. The van der Waals surface area contributed by atoms with Crippen LogP contribution in [-0.2, 0) is 10.8 Å². The third-order valence-electron chi connectivity index (χ3n) is 9.35. The van der Waals surface area contributed by atoms with Crippen molar-refractivity contribution in [2.45, 2.75) is 49.8 Å². The molecule has 2 aliphatic rings. The Bertz CT molecular complexity index is 1820. The van der Waals surface area contributed by atoms with Gasteiger partial charge in [0.1, 0.15) is 11.8 Å². The molecule has 0 N–H and O–H groups in total. The number of halogens is 2. The Morgan fingerprint density at radius 1 is 1.00 bits per heavy atom. The number of fused-ring (bicyclic) bond motifs is 3. The van der Waals surface area contributed by atoms with Crippen LogP contribution in [0.25, 0.3) is 10.8 Å². The number of ether oxygens (including phenoxy) is 1. The van der Waals surface area contributed by atoms with Crippen molar-refractivity contribution in [2.75, 3.05) is 45.6 Å². The van der Waals surface area contributed by atoms with Crippen molar-refractivity contribution in [1.82, 2.24) is 9.80 Å². The van der Waals surface area contributed by atoms with Crippen LogP contribution in [0.4, 0.5) is 0 Å². The maximum absolute atomic E-state index is 14.4. The van der Waals surface area contributed by atoms with Crippen molar-refractivity contribution in [3.05, 3.63) is 105 Å². The maximum Gasteiger partial charge on any atom is 0.258 e. The molecule has 246 valence electrons. The number of nitriles is 1. The van der Waals surface area contributed by atoms with Crippen LogP contribution in [-0.4, -0.2) is 65.5 Å². The van der Waals surface area contributed by atoms with Crippen LogP contribution in [0.15, 0.2) is 77.7 Å². The van der Waals surface area contributed by atoms with Crippen LogP contribution in [0.1, 0.15) is 72.0 Å². The number of likely N-dealkylation sites (tertiary alicyclic amines) is 1. The van der Waals surface area contributed by atoms with Gasteiger partial charge in [-0.3, -0.25) is 9.00 Å². The van der Waals surface area contributed by atoms with Crippen LogP contribution in [0.5, 0.6) is 5.75 Å². The molecule has 1 saturated heterocycles. The van der Waals surface area contributed by atoms with Gasteiger partial charge in [-0.25, -0.2) is 0 Å². The zero-order valence-corrected chi connectivity index (χ0v) is 28.2. The Balaban J connectivity index is 0.00000433. The number of carbonyl (C=O) groups is 1. The first-order valence-corrected chi connectivity index (χ1v) is 18.1. The average Bonchev–Trinajstić information content (AvgIpc) is 3.07. The molecule has 2 aliphatic heterocycles. The van der Waals surface area contributed by atoms with Gasteiger partial charge in [-0.1, -0.05) is 79.2 Å². The standard InChI is InChI=1S/C37H37Cl2N3O3S.CH4/c1-46(44)34-10-5-4-8-30(34)25-13-17-41(18-14-25)19-15-28(26-11-12-32(38)33(39)22-26)24-42-16-6-20-45-36-29(23-40)21-27-7-2-3-9-31(27)35(36)37(42)43;/h2-5,7-12,21-22,25,28H,6,13-20,24H2,1H3;1H4/t28-,46?;/m1./s1. The minimum Gasteiger partial charge on any atom is -0.491 e. The van der Waals surface area contributed by atoms with E-state index in [0.29, 0.717) is 59.0 Å². The van der Waals surface area contributed by atoms with Gasteiger partial charge in [0.2, 0.25) is 0 Å². The van der Waals surface area contributed by atoms with E-state index in [0.717, 1.165) is 60.1 Å². The van der Waals surface area contributed by atoms with Crippen molar-refractivity contribution in [3.8, 4) is 11.8 Å². The molecule has 1 fully saturated rings. The summed E-state index contributed by atoms with van der Waals surface area (Å²) in [6, 6.07) is 25.6. The zero-order chi connectivity index (χ0) is 32.2.